The van der Waals surface area contributed by atoms with Crippen LogP contribution in [-0.2, 0) is 0 Å². The van der Waals surface area contributed by atoms with Gasteiger partial charge in [-0.05, 0) is 43.3 Å². The van der Waals surface area contributed by atoms with Crippen LogP contribution in [0.5, 0.6) is 0 Å². The molecule has 0 aliphatic rings. The molecule has 0 saturated carbocycles. The van der Waals surface area contributed by atoms with Crippen molar-refractivity contribution < 1.29 is 9.50 Å². The van der Waals surface area contributed by atoms with Crippen LogP contribution >= 0.6 is 0 Å². The molecule has 2 heterocycles. The van der Waals surface area contributed by atoms with Crippen molar-refractivity contribution in [3.63, 3.8) is 0 Å². The maximum absolute atomic E-state index is 13.2. The molecule has 1 atom stereocenters. The van der Waals surface area contributed by atoms with Crippen molar-refractivity contribution in [1.82, 2.24) is 19.7 Å². The van der Waals surface area contributed by atoms with Crippen LogP contribution in [0, 0.1) is 5.82 Å². The Bertz CT molecular complexity index is 1080. The third-order valence-electron chi connectivity index (χ3n) is 4.09. The fourth-order valence-corrected chi connectivity index (χ4v) is 2.75. The van der Waals surface area contributed by atoms with E-state index in [-0.39, 0.29) is 5.82 Å². The van der Waals surface area contributed by atoms with Gasteiger partial charge in [-0.15, -0.1) is 0 Å². The predicted molar refractivity (Wildman–Crippen MR) is 107 cm³/mol. The average Bonchev–Trinajstić information content (AvgIpc) is 3.13. The lowest BCUT2D eigenvalue weighted by atomic mass is 10.3. The summed E-state index contributed by atoms with van der Waals surface area (Å²) in [7, 11) is 0. The summed E-state index contributed by atoms with van der Waals surface area (Å²) < 4.78 is 14.9. The number of anilines is 3. The lowest BCUT2D eigenvalue weighted by Crippen LogP contribution is -2.17. The van der Waals surface area contributed by atoms with Gasteiger partial charge in [-0.3, -0.25) is 0 Å². The molecular weight excluding hydrogens is 359 g/mol. The van der Waals surface area contributed by atoms with Crippen LogP contribution in [0.4, 0.5) is 21.8 Å². The van der Waals surface area contributed by atoms with E-state index in [0.29, 0.717) is 29.6 Å². The van der Waals surface area contributed by atoms with Crippen molar-refractivity contribution >= 4 is 28.5 Å². The molecule has 2 aromatic heterocycles. The summed E-state index contributed by atoms with van der Waals surface area (Å²) >= 11 is 0. The number of rotatable bonds is 6. The van der Waals surface area contributed by atoms with E-state index >= 15 is 0 Å². The molecule has 0 fully saturated rings. The maximum Gasteiger partial charge on any atom is 0.226 e. The molecule has 7 nitrogen and oxygen atoms in total. The minimum Gasteiger partial charge on any atom is -0.392 e. The molecule has 142 valence electrons. The SMILES string of the molecule is C[C@H](O)CNc1nc(Nc2ccc(F)cc2)c2cnn(-c3ccccc3)c2n1. The van der Waals surface area contributed by atoms with E-state index in [2.05, 4.69) is 25.7 Å². The monoisotopic (exact) mass is 378 g/mol. The Balaban J connectivity index is 1.80. The number of nitrogens with one attached hydrogen (secondary N) is 2. The van der Waals surface area contributed by atoms with Gasteiger partial charge in [0.15, 0.2) is 5.65 Å². The molecule has 0 spiro atoms. The summed E-state index contributed by atoms with van der Waals surface area (Å²) in [5.41, 5.74) is 2.17. The minimum atomic E-state index is -0.549. The summed E-state index contributed by atoms with van der Waals surface area (Å²) in [6.07, 6.45) is 1.14. The first-order valence-corrected chi connectivity index (χ1v) is 8.86. The molecule has 0 aliphatic heterocycles. The Hall–Kier alpha value is -3.52. The number of para-hydroxylation sites is 1. The Morgan fingerprint density at radius 1 is 1.07 bits per heavy atom. The van der Waals surface area contributed by atoms with E-state index in [1.165, 1.54) is 12.1 Å². The second-order valence-corrected chi connectivity index (χ2v) is 6.39. The Kier molecular flexibility index (Phi) is 4.86. The van der Waals surface area contributed by atoms with Gasteiger partial charge in [0.1, 0.15) is 11.6 Å². The lowest BCUT2D eigenvalue weighted by Gasteiger charge is -2.12. The van der Waals surface area contributed by atoms with E-state index in [4.69, 9.17) is 0 Å². The van der Waals surface area contributed by atoms with Gasteiger partial charge >= 0.3 is 0 Å². The molecule has 0 bridgehead atoms. The van der Waals surface area contributed by atoms with Gasteiger partial charge in [0.2, 0.25) is 5.95 Å². The largest absolute Gasteiger partial charge is 0.392 e. The second-order valence-electron chi connectivity index (χ2n) is 6.39. The smallest absolute Gasteiger partial charge is 0.226 e. The zero-order chi connectivity index (χ0) is 19.5. The summed E-state index contributed by atoms with van der Waals surface area (Å²) in [5, 5.41) is 21.0. The van der Waals surface area contributed by atoms with Crippen molar-refractivity contribution in [1.29, 1.82) is 0 Å². The fraction of sp³-hybridized carbons (Fsp3) is 0.150. The molecule has 28 heavy (non-hydrogen) atoms. The van der Waals surface area contributed by atoms with Crippen molar-refractivity contribution in [2.24, 2.45) is 0 Å². The number of fused-ring (bicyclic) bond motifs is 1. The number of hydrogen-bond donors (Lipinski definition) is 3. The Morgan fingerprint density at radius 2 is 1.82 bits per heavy atom. The van der Waals surface area contributed by atoms with Gasteiger partial charge < -0.3 is 15.7 Å². The van der Waals surface area contributed by atoms with E-state index in [1.54, 1.807) is 29.9 Å². The van der Waals surface area contributed by atoms with E-state index < -0.39 is 6.10 Å². The van der Waals surface area contributed by atoms with Crippen LogP contribution in [0.15, 0.2) is 60.8 Å². The highest BCUT2D eigenvalue weighted by Crippen LogP contribution is 2.27. The van der Waals surface area contributed by atoms with Crippen LogP contribution in [0.1, 0.15) is 6.92 Å². The molecule has 0 radical (unpaired) electrons. The summed E-state index contributed by atoms with van der Waals surface area (Å²) in [6, 6.07) is 15.7. The van der Waals surface area contributed by atoms with Gasteiger partial charge in [-0.1, -0.05) is 18.2 Å². The van der Waals surface area contributed by atoms with Crippen LogP contribution in [0.25, 0.3) is 16.7 Å². The highest BCUT2D eigenvalue weighted by Gasteiger charge is 2.15. The number of aliphatic hydroxyl groups excluding tert-OH is 1. The van der Waals surface area contributed by atoms with Crippen molar-refractivity contribution in [3.05, 3.63) is 66.6 Å². The maximum atomic E-state index is 13.2. The quantitative estimate of drug-likeness (QED) is 0.476. The van der Waals surface area contributed by atoms with E-state index in [9.17, 15) is 9.50 Å². The summed E-state index contributed by atoms with van der Waals surface area (Å²) in [4.78, 5) is 9.07. The second kappa shape index (κ2) is 7.61. The molecule has 2 aromatic carbocycles. The fourth-order valence-electron chi connectivity index (χ4n) is 2.75. The molecule has 0 aliphatic carbocycles. The Labute approximate surface area is 160 Å². The zero-order valence-corrected chi connectivity index (χ0v) is 15.2. The van der Waals surface area contributed by atoms with Gasteiger partial charge in [-0.25, -0.2) is 9.07 Å². The molecule has 8 heteroatoms. The van der Waals surface area contributed by atoms with Crippen molar-refractivity contribution in [3.8, 4) is 5.69 Å². The molecule has 0 saturated heterocycles. The van der Waals surface area contributed by atoms with Gasteiger partial charge in [0.25, 0.3) is 0 Å². The first-order chi connectivity index (χ1) is 13.6. The molecule has 0 amide bonds. The molecule has 4 aromatic rings. The number of nitrogens with zero attached hydrogens (tertiary/aromatic N) is 4. The molecule has 0 unspecified atom stereocenters. The van der Waals surface area contributed by atoms with Crippen LogP contribution in [0.3, 0.4) is 0 Å². The highest BCUT2D eigenvalue weighted by atomic mass is 19.1. The van der Waals surface area contributed by atoms with E-state index in [0.717, 1.165) is 11.1 Å². The summed E-state index contributed by atoms with van der Waals surface area (Å²) in [5.74, 6) is 0.581. The number of aliphatic hydroxyl groups is 1. The standard InChI is InChI=1S/C20H19FN6O/c1-13(28)11-22-20-25-18(24-15-9-7-14(21)8-10-15)17-12-23-27(19(17)26-20)16-5-3-2-4-6-16/h2-10,12-13,28H,11H2,1H3,(H2,22,24,25,26)/t13-/m0/s1. The number of halogens is 1. The van der Waals surface area contributed by atoms with Gasteiger partial charge in [-0.2, -0.15) is 15.1 Å². The van der Waals surface area contributed by atoms with Crippen LogP contribution in [0.2, 0.25) is 0 Å². The minimum absolute atomic E-state index is 0.307. The van der Waals surface area contributed by atoms with Crippen LogP contribution in [-0.4, -0.2) is 37.5 Å². The third-order valence-corrected chi connectivity index (χ3v) is 4.09. The molecular formula is C20H19FN6O. The average molecular weight is 378 g/mol. The molecule has 3 N–H and O–H groups in total. The third kappa shape index (κ3) is 3.77. The predicted octanol–water partition coefficient (Wildman–Crippen LogP) is 3.49. The lowest BCUT2D eigenvalue weighted by molar-refractivity contribution is 0.208. The van der Waals surface area contributed by atoms with Crippen molar-refractivity contribution in [2.45, 2.75) is 13.0 Å². The van der Waals surface area contributed by atoms with Gasteiger partial charge in [0.05, 0.1) is 23.4 Å². The first kappa shape index (κ1) is 17.9. The zero-order valence-electron chi connectivity index (χ0n) is 15.2. The molecule has 4 rings (SSSR count). The Morgan fingerprint density at radius 3 is 2.54 bits per heavy atom. The van der Waals surface area contributed by atoms with Crippen LogP contribution < -0.4 is 10.6 Å². The highest BCUT2D eigenvalue weighted by molar-refractivity contribution is 5.90. The number of aromatic nitrogens is 4. The number of hydrogen-bond acceptors (Lipinski definition) is 6. The first-order valence-electron chi connectivity index (χ1n) is 8.86. The normalized spacial score (nSPS) is 12.1. The summed E-state index contributed by atoms with van der Waals surface area (Å²) in [6.45, 7) is 1.98. The number of benzene rings is 2. The van der Waals surface area contributed by atoms with E-state index in [1.807, 2.05) is 30.3 Å². The van der Waals surface area contributed by atoms with Crippen molar-refractivity contribution in [2.75, 3.05) is 17.2 Å². The van der Waals surface area contributed by atoms with Gasteiger partial charge in [0, 0.05) is 12.2 Å². The topological polar surface area (TPSA) is 87.9 Å².